The van der Waals surface area contributed by atoms with Crippen LogP contribution in [-0.2, 0) is 24.1 Å². The van der Waals surface area contributed by atoms with E-state index in [9.17, 15) is 4.79 Å². The first kappa shape index (κ1) is 9.72. The molecule has 1 atom stereocenters. The summed E-state index contributed by atoms with van der Waals surface area (Å²) in [6.07, 6.45) is 5.09. The van der Waals surface area contributed by atoms with E-state index in [2.05, 4.69) is 18.2 Å². The molecule has 1 aliphatic rings. The predicted molar refractivity (Wildman–Crippen MR) is 57.9 cm³/mol. The highest BCUT2D eigenvalue weighted by Crippen LogP contribution is 2.23. The number of aldehydes is 1. The quantitative estimate of drug-likeness (QED) is 0.551. The number of aryl methyl sites for hydroxylation is 2. The van der Waals surface area contributed by atoms with Crippen molar-refractivity contribution in [3.05, 3.63) is 34.9 Å². The number of hydrogen-bond acceptors (Lipinski definition) is 1. The highest BCUT2D eigenvalue weighted by atomic mass is 35.5. The largest absolute Gasteiger partial charge is 0.302 e. The molecule has 0 fully saturated rings. The highest BCUT2D eigenvalue weighted by Gasteiger charge is 2.12. The topological polar surface area (TPSA) is 17.1 Å². The molecule has 1 aromatic carbocycles. The van der Waals surface area contributed by atoms with Crippen LogP contribution >= 0.6 is 11.6 Å². The second-order valence-electron chi connectivity index (χ2n) is 3.81. The van der Waals surface area contributed by atoms with Crippen molar-refractivity contribution in [2.24, 2.45) is 0 Å². The summed E-state index contributed by atoms with van der Waals surface area (Å²) in [5, 5.41) is -0.380. The molecule has 0 radical (unpaired) electrons. The number of carbonyl (C=O) groups is 1. The summed E-state index contributed by atoms with van der Waals surface area (Å²) in [7, 11) is 0. The maximum Gasteiger partial charge on any atom is 0.138 e. The second kappa shape index (κ2) is 4.14. The van der Waals surface area contributed by atoms with Crippen molar-refractivity contribution in [2.45, 2.75) is 31.1 Å². The fourth-order valence-electron chi connectivity index (χ4n) is 2.03. The van der Waals surface area contributed by atoms with Crippen LogP contribution in [0.5, 0.6) is 0 Å². The minimum absolute atomic E-state index is 0.380. The van der Waals surface area contributed by atoms with Crippen molar-refractivity contribution >= 4 is 17.9 Å². The van der Waals surface area contributed by atoms with Crippen LogP contribution in [0.3, 0.4) is 0 Å². The molecule has 14 heavy (non-hydrogen) atoms. The highest BCUT2D eigenvalue weighted by molar-refractivity contribution is 6.27. The van der Waals surface area contributed by atoms with E-state index in [1.807, 2.05) is 0 Å². The van der Waals surface area contributed by atoms with Crippen molar-refractivity contribution in [3.63, 3.8) is 0 Å². The Labute approximate surface area is 89.1 Å². The Kier molecular flexibility index (Phi) is 2.87. The predicted octanol–water partition coefficient (Wildman–Crippen LogP) is 2.52. The van der Waals surface area contributed by atoms with Crippen molar-refractivity contribution in [1.82, 2.24) is 0 Å². The number of rotatable bonds is 3. The summed E-state index contributed by atoms with van der Waals surface area (Å²) in [6, 6.07) is 6.45. The minimum Gasteiger partial charge on any atom is -0.302 e. The Morgan fingerprint density at radius 1 is 1.36 bits per heavy atom. The average molecular weight is 209 g/mol. The molecule has 0 bridgehead atoms. The van der Waals surface area contributed by atoms with Gasteiger partial charge in [-0.05, 0) is 42.4 Å². The molecule has 0 aliphatic heterocycles. The number of carbonyl (C=O) groups excluding carboxylic acids is 1. The lowest BCUT2D eigenvalue weighted by molar-refractivity contribution is -0.107. The third-order valence-corrected chi connectivity index (χ3v) is 3.00. The Morgan fingerprint density at radius 3 is 2.93 bits per heavy atom. The maximum absolute atomic E-state index is 10.4. The minimum atomic E-state index is -0.380. The van der Waals surface area contributed by atoms with E-state index in [0.717, 1.165) is 6.29 Å². The van der Waals surface area contributed by atoms with Crippen LogP contribution in [0.1, 0.15) is 23.1 Å². The standard InChI is InChI=1S/C12H13ClO/c13-12(8-14)7-9-4-5-10-2-1-3-11(10)6-9/h4-6,8,12H,1-3,7H2. The second-order valence-corrected chi connectivity index (χ2v) is 4.37. The number of benzene rings is 1. The smallest absolute Gasteiger partial charge is 0.138 e. The van der Waals surface area contributed by atoms with Crippen LogP contribution in [0.25, 0.3) is 0 Å². The number of alkyl halides is 1. The Hall–Kier alpha value is -0.820. The fourth-order valence-corrected chi connectivity index (χ4v) is 2.20. The van der Waals surface area contributed by atoms with E-state index in [4.69, 9.17) is 11.6 Å². The van der Waals surface area contributed by atoms with Gasteiger partial charge in [-0.3, -0.25) is 0 Å². The Balaban J connectivity index is 2.16. The third-order valence-electron chi connectivity index (χ3n) is 2.74. The van der Waals surface area contributed by atoms with Crippen LogP contribution < -0.4 is 0 Å². The van der Waals surface area contributed by atoms with Crippen LogP contribution in [0.2, 0.25) is 0 Å². The van der Waals surface area contributed by atoms with E-state index < -0.39 is 0 Å². The van der Waals surface area contributed by atoms with Gasteiger partial charge in [-0.25, -0.2) is 0 Å². The molecule has 74 valence electrons. The van der Waals surface area contributed by atoms with Crippen molar-refractivity contribution in [1.29, 1.82) is 0 Å². The molecule has 0 amide bonds. The number of fused-ring (bicyclic) bond motifs is 1. The zero-order chi connectivity index (χ0) is 9.97. The van der Waals surface area contributed by atoms with Crippen molar-refractivity contribution in [3.8, 4) is 0 Å². The zero-order valence-corrected chi connectivity index (χ0v) is 8.76. The molecule has 0 aromatic heterocycles. The van der Waals surface area contributed by atoms with E-state index >= 15 is 0 Å². The van der Waals surface area contributed by atoms with Gasteiger partial charge in [0.05, 0.1) is 5.38 Å². The summed E-state index contributed by atoms with van der Waals surface area (Å²) in [5.41, 5.74) is 4.08. The average Bonchev–Trinajstić information content (AvgIpc) is 2.64. The normalized spacial score (nSPS) is 16.4. The van der Waals surface area contributed by atoms with E-state index in [-0.39, 0.29) is 5.38 Å². The van der Waals surface area contributed by atoms with Gasteiger partial charge in [0.1, 0.15) is 6.29 Å². The number of hydrogen-bond donors (Lipinski definition) is 0. The summed E-state index contributed by atoms with van der Waals surface area (Å²) in [6.45, 7) is 0. The molecule has 2 heteroatoms. The van der Waals surface area contributed by atoms with Gasteiger partial charge in [0.2, 0.25) is 0 Å². The van der Waals surface area contributed by atoms with E-state index in [1.54, 1.807) is 0 Å². The lowest BCUT2D eigenvalue weighted by atomic mass is 10.0. The molecule has 0 spiro atoms. The first-order valence-electron chi connectivity index (χ1n) is 4.99. The van der Waals surface area contributed by atoms with Crippen molar-refractivity contribution < 1.29 is 4.79 Å². The van der Waals surface area contributed by atoms with Crippen LogP contribution in [0.4, 0.5) is 0 Å². The van der Waals surface area contributed by atoms with Gasteiger partial charge in [0.15, 0.2) is 0 Å². The lowest BCUT2D eigenvalue weighted by Gasteiger charge is -2.05. The van der Waals surface area contributed by atoms with Gasteiger partial charge >= 0.3 is 0 Å². The fraction of sp³-hybridized carbons (Fsp3) is 0.417. The summed E-state index contributed by atoms with van der Waals surface area (Å²) >= 11 is 5.78. The summed E-state index contributed by atoms with van der Waals surface area (Å²) in [4.78, 5) is 10.4. The monoisotopic (exact) mass is 208 g/mol. The van der Waals surface area contributed by atoms with Crippen LogP contribution in [-0.4, -0.2) is 11.7 Å². The summed E-state index contributed by atoms with van der Waals surface area (Å²) < 4.78 is 0. The molecule has 0 heterocycles. The molecular weight excluding hydrogens is 196 g/mol. The van der Waals surface area contributed by atoms with Crippen molar-refractivity contribution in [2.75, 3.05) is 0 Å². The van der Waals surface area contributed by atoms with Gasteiger partial charge in [-0.2, -0.15) is 0 Å². The molecule has 2 rings (SSSR count). The van der Waals surface area contributed by atoms with Gasteiger partial charge in [-0.1, -0.05) is 18.2 Å². The van der Waals surface area contributed by atoms with Crippen LogP contribution in [0.15, 0.2) is 18.2 Å². The molecular formula is C12H13ClO. The van der Waals surface area contributed by atoms with Gasteiger partial charge < -0.3 is 4.79 Å². The number of halogens is 1. The van der Waals surface area contributed by atoms with Crippen LogP contribution in [0, 0.1) is 0 Å². The van der Waals surface area contributed by atoms with Gasteiger partial charge in [0, 0.05) is 0 Å². The van der Waals surface area contributed by atoms with Gasteiger partial charge in [-0.15, -0.1) is 11.6 Å². The Bertz CT molecular complexity index is 346. The Morgan fingerprint density at radius 2 is 2.14 bits per heavy atom. The molecule has 0 saturated heterocycles. The SMILES string of the molecule is O=CC(Cl)Cc1ccc2c(c1)CCC2. The van der Waals surface area contributed by atoms with E-state index in [1.165, 1.54) is 36.0 Å². The molecule has 1 aromatic rings. The summed E-state index contributed by atoms with van der Waals surface area (Å²) in [5.74, 6) is 0. The maximum atomic E-state index is 10.4. The lowest BCUT2D eigenvalue weighted by Crippen LogP contribution is -2.04. The first-order valence-corrected chi connectivity index (χ1v) is 5.43. The molecule has 1 aliphatic carbocycles. The molecule has 1 nitrogen and oxygen atoms in total. The third kappa shape index (κ3) is 1.98. The van der Waals surface area contributed by atoms with E-state index in [0.29, 0.717) is 6.42 Å². The zero-order valence-electron chi connectivity index (χ0n) is 8.00. The molecule has 1 unspecified atom stereocenters. The van der Waals surface area contributed by atoms with Gasteiger partial charge in [0.25, 0.3) is 0 Å². The first-order chi connectivity index (χ1) is 6.79. The molecule has 0 N–H and O–H groups in total. The molecule has 0 saturated carbocycles.